The predicted molar refractivity (Wildman–Crippen MR) is 130 cm³/mol. The Balaban J connectivity index is 1.22. The molecule has 7 nitrogen and oxygen atoms in total. The van der Waals surface area contributed by atoms with E-state index >= 15 is 0 Å². The number of nitrogens with zero attached hydrogens (tertiary/aromatic N) is 4. The molecular weight excluding hydrogens is 472 g/mol. The summed E-state index contributed by atoms with van der Waals surface area (Å²) in [5, 5.41) is 4.38. The molecule has 4 fully saturated rings. The zero-order chi connectivity index (χ0) is 23.4. The summed E-state index contributed by atoms with van der Waals surface area (Å²) in [5.41, 5.74) is 0.758. The summed E-state index contributed by atoms with van der Waals surface area (Å²) in [6.07, 6.45) is 6.76. The fourth-order valence-electron chi connectivity index (χ4n) is 6.94. The maximum Gasteiger partial charge on any atom is 0.235 e. The predicted octanol–water partition coefficient (Wildman–Crippen LogP) is 4.20. The van der Waals surface area contributed by atoms with Gasteiger partial charge in [0, 0.05) is 25.1 Å². The number of rotatable bonds is 6. The summed E-state index contributed by atoms with van der Waals surface area (Å²) >= 11 is 7.55. The lowest BCUT2D eigenvalue weighted by Crippen LogP contribution is -2.49. The molecule has 0 aliphatic carbocycles. The van der Waals surface area contributed by atoms with Gasteiger partial charge in [0.05, 0.1) is 53.8 Å². The van der Waals surface area contributed by atoms with Crippen LogP contribution in [0.2, 0.25) is 4.34 Å². The minimum Gasteiger partial charge on any atom is -0.355 e. The third kappa shape index (κ3) is 3.74. The van der Waals surface area contributed by atoms with Crippen molar-refractivity contribution in [1.82, 2.24) is 15.0 Å². The number of imide groups is 1. The molecule has 9 heteroatoms. The highest BCUT2D eigenvalue weighted by Crippen LogP contribution is 2.53. The molecule has 0 saturated carbocycles. The molecule has 0 unspecified atom stereocenters. The van der Waals surface area contributed by atoms with Crippen LogP contribution < -0.4 is 0 Å². The second kappa shape index (κ2) is 8.73. The quantitative estimate of drug-likeness (QED) is 0.436. The zero-order valence-electron chi connectivity index (χ0n) is 19.6. The summed E-state index contributed by atoms with van der Waals surface area (Å²) in [4.78, 5) is 32.0. The number of hydrogen-bond acceptors (Lipinski definition) is 6. The van der Waals surface area contributed by atoms with Crippen LogP contribution in [0.4, 0.5) is 0 Å². The molecule has 4 aliphatic rings. The Morgan fingerprint density at radius 1 is 1.15 bits per heavy atom. The van der Waals surface area contributed by atoms with E-state index in [-0.39, 0.29) is 35.7 Å². The monoisotopic (exact) mass is 503 g/mol. The largest absolute Gasteiger partial charge is 0.355 e. The Morgan fingerprint density at radius 2 is 1.94 bits per heavy atom. The second-order valence-electron chi connectivity index (χ2n) is 10.7. The molecule has 2 aromatic rings. The van der Waals surface area contributed by atoms with Gasteiger partial charge in [-0.05, 0) is 50.8 Å². The highest BCUT2D eigenvalue weighted by molar-refractivity contribution is 7.19. The first-order valence-electron chi connectivity index (χ1n) is 12.6. The van der Waals surface area contributed by atoms with Crippen LogP contribution in [0.15, 0.2) is 22.7 Å². The number of piperidine rings is 1. The lowest BCUT2D eigenvalue weighted by molar-refractivity contribution is -0.914. The minimum absolute atomic E-state index is 0.0144. The van der Waals surface area contributed by atoms with E-state index in [2.05, 4.69) is 17.1 Å². The zero-order valence-corrected chi connectivity index (χ0v) is 21.2. The number of carbonyl (C=O) groups is 2. The fraction of sp³-hybridized carbons (Fsp3) is 0.640. The van der Waals surface area contributed by atoms with E-state index in [9.17, 15) is 9.59 Å². The van der Waals surface area contributed by atoms with Crippen molar-refractivity contribution < 1.29 is 18.6 Å². The van der Waals surface area contributed by atoms with E-state index in [0.29, 0.717) is 16.6 Å². The smallest absolute Gasteiger partial charge is 0.235 e. The van der Waals surface area contributed by atoms with Gasteiger partial charge >= 0.3 is 0 Å². The van der Waals surface area contributed by atoms with Crippen LogP contribution in [0.25, 0.3) is 10.6 Å². The number of amides is 2. The first kappa shape index (κ1) is 22.7. The number of carbonyl (C=O) groups excluding carboxylic acids is 2. The molecule has 0 bridgehead atoms. The van der Waals surface area contributed by atoms with Gasteiger partial charge in [0.25, 0.3) is 0 Å². The van der Waals surface area contributed by atoms with Crippen molar-refractivity contribution in [2.45, 2.75) is 50.6 Å². The van der Waals surface area contributed by atoms with Gasteiger partial charge in [-0.2, -0.15) is 0 Å². The van der Waals surface area contributed by atoms with Crippen LogP contribution in [0.1, 0.15) is 50.3 Å². The maximum atomic E-state index is 13.7. The Morgan fingerprint density at radius 3 is 2.71 bits per heavy atom. The van der Waals surface area contributed by atoms with Crippen LogP contribution in [-0.2, 0) is 9.59 Å². The second-order valence-corrected chi connectivity index (χ2v) is 12.4. The highest BCUT2D eigenvalue weighted by Gasteiger charge is 2.63. The summed E-state index contributed by atoms with van der Waals surface area (Å²) < 4.78 is 7.43. The summed E-state index contributed by atoms with van der Waals surface area (Å²) in [6.45, 7) is 4.87. The molecule has 4 atom stereocenters. The third-order valence-corrected chi connectivity index (χ3v) is 9.81. The van der Waals surface area contributed by atoms with E-state index in [0.717, 1.165) is 47.4 Å². The molecule has 2 aromatic heterocycles. The number of thiophene rings is 1. The van der Waals surface area contributed by atoms with Gasteiger partial charge in [0.2, 0.25) is 11.8 Å². The molecule has 6 heterocycles. The SMILES string of the molecule is C[N+]1(CCCN2C(=O)[C@@H]3[C@H](C2=O)[C@H](c2cc(-c4ccc(Cl)s4)on2)N2CCC[C@@H]32)CCCCC1. The van der Waals surface area contributed by atoms with Crippen LogP contribution in [0, 0.1) is 11.8 Å². The Kier molecular flexibility index (Phi) is 5.83. The van der Waals surface area contributed by atoms with Crippen molar-refractivity contribution in [1.29, 1.82) is 0 Å². The molecule has 4 aliphatic heterocycles. The lowest BCUT2D eigenvalue weighted by atomic mass is 9.86. The topological polar surface area (TPSA) is 66.7 Å². The molecule has 34 heavy (non-hydrogen) atoms. The molecule has 0 N–H and O–H groups in total. The Bertz CT molecular complexity index is 1090. The number of hydrogen-bond donors (Lipinski definition) is 0. The average Bonchev–Trinajstić information content (AvgIpc) is 3.61. The Hall–Kier alpha value is -1.74. The fourth-order valence-corrected chi connectivity index (χ4v) is 7.93. The normalized spacial score (nSPS) is 30.8. The summed E-state index contributed by atoms with van der Waals surface area (Å²) in [5.74, 6) is 0.0700. The minimum atomic E-state index is -0.359. The molecule has 4 saturated heterocycles. The molecule has 0 aromatic carbocycles. The van der Waals surface area contributed by atoms with Crippen LogP contribution >= 0.6 is 22.9 Å². The first-order valence-corrected chi connectivity index (χ1v) is 13.8. The number of fused-ring (bicyclic) bond motifs is 3. The van der Waals surface area contributed by atoms with Crippen molar-refractivity contribution in [2.24, 2.45) is 11.8 Å². The van der Waals surface area contributed by atoms with Gasteiger partial charge in [-0.1, -0.05) is 16.8 Å². The van der Waals surface area contributed by atoms with Gasteiger partial charge in [-0.25, -0.2) is 0 Å². The van der Waals surface area contributed by atoms with Gasteiger partial charge in [0.1, 0.15) is 5.69 Å². The van der Waals surface area contributed by atoms with Gasteiger partial charge in [-0.15, -0.1) is 11.3 Å². The molecule has 182 valence electrons. The molecule has 0 spiro atoms. The van der Waals surface area contributed by atoms with Gasteiger partial charge < -0.3 is 9.01 Å². The number of halogens is 1. The first-order chi connectivity index (χ1) is 16.5. The van der Waals surface area contributed by atoms with Crippen LogP contribution in [0.5, 0.6) is 0 Å². The highest BCUT2D eigenvalue weighted by atomic mass is 35.5. The van der Waals surface area contributed by atoms with E-state index in [1.165, 1.54) is 43.7 Å². The van der Waals surface area contributed by atoms with Crippen molar-refractivity contribution in [2.75, 3.05) is 39.8 Å². The lowest BCUT2D eigenvalue weighted by Gasteiger charge is -2.38. The van der Waals surface area contributed by atoms with Crippen molar-refractivity contribution in [3.8, 4) is 10.6 Å². The summed E-state index contributed by atoms with van der Waals surface area (Å²) in [7, 11) is 2.32. The van der Waals surface area contributed by atoms with Crippen molar-refractivity contribution in [3.63, 3.8) is 0 Å². The van der Waals surface area contributed by atoms with E-state index in [1.54, 1.807) is 4.90 Å². The average molecular weight is 504 g/mol. The molecule has 6 rings (SSSR count). The molecule has 0 radical (unpaired) electrons. The van der Waals surface area contributed by atoms with E-state index in [1.807, 2.05) is 18.2 Å². The number of quaternary nitrogens is 1. The van der Waals surface area contributed by atoms with E-state index < -0.39 is 0 Å². The standard InChI is InChI=1S/C25H32ClN4O3S/c1-30(12-3-2-4-13-30)14-6-11-29-24(31)21-17-7-5-10-28(17)23(22(21)25(29)32)16-15-18(33-27-16)19-8-9-20(26)34-19/h8-9,15,17,21-23H,2-7,10-14H2,1H3/q+1/t17-,21-,22-,23-/m0/s1. The maximum absolute atomic E-state index is 13.7. The molecule has 2 amide bonds. The van der Waals surface area contributed by atoms with Gasteiger partial charge in [-0.3, -0.25) is 19.4 Å². The van der Waals surface area contributed by atoms with E-state index in [4.69, 9.17) is 16.1 Å². The third-order valence-electron chi connectivity index (χ3n) is 8.57. The number of aromatic nitrogens is 1. The van der Waals surface area contributed by atoms with Crippen molar-refractivity contribution in [3.05, 3.63) is 28.2 Å². The van der Waals surface area contributed by atoms with Crippen LogP contribution in [0.3, 0.4) is 0 Å². The van der Waals surface area contributed by atoms with Gasteiger partial charge in [0.15, 0.2) is 5.76 Å². The summed E-state index contributed by atoms with van der Waals surface area (Å²) in [6, 6.07) is 5.63. The molecular formula is C25H32ClN4O3S+. The van der Waals surface area contributed by atoms with Crippen molar-refractivity contribution >= 4 is 34.8 Å². The van der Waals surface area contributed by atoms with Crippen LogP contribution in [-0.4, -0.2) is 77.1 Å². The number of likely N-dealkylation sites (tertiary alicyclic amines) is 2. The Labute approximate surface area is 209 Å².